The quantitative estimate of drug-likeness (QED) is 0.216. The fourth-order valence-corrected chi connectivity index (χ4v) is 0. The molecule has 18 heteroatoms. The third-order valence-electron chi connectivity index (χ3n) is 0. The summed E-state index contributed by atoms with van der Waals surface area (Å²) in [6.07, 6.45) is 0. The van der Waals surface area contributed by atoms with E-state index in [1.54, 1.807) is 0 Å². The molecule has 0 saturated heterocycles. The molecule has 96 valence electrons. The monoisotopic (exact) mass is 474 g/mol. The first-order valence-electron chi connectivity index (χ1n) is 2.19. The van der Waals surface area contributed by atoms with Gasteiger partial charge in [-0.1, -0.05) is 0 Å². The molecule has 0 radical (unpaired) electrons. The first-order chi connectivity index (χ1) is 6.93. The average Bonchev–Trinajstić information content (AvgIpc) is 1.76. The van der Waals surface area contributed by atoms with Crippen LogP contribution in [-0.4, -0.2) is 115 Å². The average molecular weight is 473 g/mol. The summed E-state index contributed by atoms with van der Waals surface area (Å²) in [6.45, 7) is 0. The Morgan fingerprint density at radius 1 is 0.444 bits per heavy atom. The summed E-state index contributed by atoms with van der Waals surface area (Å²) >= 11 is 0. The van der Waals surface area contributed by atoms with Crippen LogP contribution in [0.5, 0.6) is 0 Å². The van der Waals surface area contributed by atoms with Crippen molar-refractivity contribution in [1.82, 2.24) is 0 Å². The van der Waals surface area contributed by atoms with Gasteiger partial charge >= 0.3 is 94.4 Å². The van der Waals surface area contributed by atoms with Crippen molar-refractivity contribution in [3.63, 3.8) is 0 Å². The fraction of sp³-hybridized carbons (Fsp3) is 0. The first-order valence-corrected chi connectivity index (χ1v) is 2.19. The first kappa shape index (κ1) is 36.1. The molecule has 0 amide bonds. The zero-order chi connectivity index (χ0) is 14.3. The van der Waals surface area contributed by atoms with E-state index in [1.165, 1.54) is 0 Å². The summed E-state index contributed by atoms with van der Waals surface area (Å²) in [5, 5.41) is 59.0. The summed E-state index contributed by atoms with van der Waals surface area (Å²) in [5.74, 6) is 0. The second-order valence-corrected chi connectivity index (χ2v) is 0.894. The molecule has 0 aliphatic rings. The third-order valence-corrected chi connectivity index (χ3v) is 0. The Morgan fingerprint density at radius 3 is 0.444 bits per heavy atom. The van der Waals surface area contributed by atoms with Gasteiger partial charge in [0.2, 0.25) is 0 Å². The van der Waals surface area contributed by atoms with Crippen LogP contribution in [0.4, 0.5) is 0 Å². The SMILES string of the molecule is O=[N+]([O-])[O-].O=[N+]([O-])[O-].O=[N+]([O-])[O-].O=[N+]([O-])[O-].[Ba+2].[Sr+2]. The zero-order valence-electron chi connectivity index (χ0n) is 8.10. The van der Waals surface area contributed by atoms with Gasteiger partial charge in [-0.3, -0.25) is 0 Å². The van der Waals surface area contributed by atoms with Crippen molar-refractivity contribution in [2.75, 3.05) is 0 Å². The molecule has 0 N–H and O–H groups in total. The number of nitrogens with zero attached hydrogens (tertiary/aromatic N) is 4. The van der Waals surface area contributed by atoms with E-state index in [2.05, 4.69) is 0 Å². The Balaban J connectivity index is -0.0000000257. The van der Waals surface area contributed by atoms with Crippen LogP contribution >= 0.6 is 0 Å². The smallest absolute Gasteiger partial charge is 0.356 e. The predicted octanol–water partition coefficient (Wildman–Crippen LogP) is -1.72. The van der Waals surface area contributed by atoms with Crippen LogP contribution in [0.3, 0.4) is 0 Å². The van der Waals surface area contributed by atoms with Gasteiger partial charge in [-0.25, -0.2) is 0 Å². The zero-order valence-corrected chi connectivity index (χ0v) is 16.0. The molecule has 0 aliphatic carbocycles. The minimum atomic E-state index is -1.75. The molecule has 0 bridgehead atoms. The second-order valence-electron chi connectivity index (χ2n) is 0.894. The van der Waals surface area contributed by atoms with Crippen molar-refractivity contribution in [3.8, 4) is 0 Å². The molecular weight excluding hydrogens is 473 g/mol. The maximum atomic E-state index is 8.25. The molecule has 0 aromatic carbocycles. The topological polar surface area (TPSA) is 265 Å². The molecule has 0 fully saturated rings. The van der Waals surface area contributed by atoms with E-state index in [4.69, 9.17) is 61.3 Å². The second kappa shape index (κ2) is 30.1. The van der Waals surface area contributed by atoms with Crippen LogP contribution in [-0.2, 0) is 0 Å². The van der Waals surface area contributed by atoms with Gasteiger partial charge in [0.1, 0.15) is 0 Å². The normalized spacial score (nSPS) is 5.33. The van der Waals surface area contributed by atoms with E-state index >= 15 is 0 Å². The van der Waals surface area contributed by atoms with Crippen molar-refractivity contribution in [1.29, 1.82) is 0 Å². The van der Waals surface area contributed by atoms with E-state index in [9.17, 15) is 0 Å². The molecule has 18 heavy (non-hydrogen) atoms. The number of hydrogen-bond donors (Lipinski definition) is 0. The molecule has 0 atom stereocenters. The van der Waals surface area contributed by atoms with Crippen LogP contribution < -0.4 is 0 Å². The minimum Gasteiger partial charge on any atom is -0.356 e. The van der Waals surface area contributed by atoms with E-state index in [0.29, 0.717) is 0 Å². The molecule has 0 aromatic rings. The van der Waals surface area contributed by atoms with Crippen molar-refractivity contribution in [2.45, 2.75) is 0 Å². The van der Waals surface area contributed by atoms with Crippen LogP contribution in [0, 0.1) is 61.3 Å². The third kappa shape index (κ3) is 160000. The van der Waals surface area contributed by atoms with Crippen LogP contribution in [0.25, 0.3) is 0 Å². The fourth-order valence-electron chi connectivity index (χ4n) is 0. The van der Waals surface area contributed by atoms with Crippen molar-refractivity contribution >= 4 is 94.4 Å². The molecule has 16 nitrogen and oxygen atoms in total. The maximum absolute atomic E-state index is 8.25. The summed E-state index contributed by atoms with van der Waals surface area (Å²) in [6, 6.07) is 0. The minimum absolute atomic E-state index is 0. The Kier molecular flexibility index (Phi) is 60.4. The van der Waals surface area contributed by atoms with E-state index in [0.717, 1.165) is 0 Å². The van der Waals surface area contributed by atoms with Crippen LogP contribution in [0.2, 0.25) is 0 Å². The summed E-state index contributed by atoms with van der Waals surface area (Å²) in [4.78, 5) is 33.0. The van der Waals surface area contributed by atoms with Crippen molar-refractivity contribution in [3.05, 3.63) is 61.3 Å². The Morgan fingerprint density at radius 2 is 0.444 bits per heavy atom. The van der Waals surface area contributed by atoms with E-state index in [1.807, 2.05) is 0 Å². The molecule has 0 aromatic heterocycles. The Hall–Kier alpha value is -0.148. The van der Waals surface area contributed by atoms with Gasteiger partial charge in [-0.2, -0.15) is 0 Å². The molecule has 0 spiro atoms. The molecule has 0 unspecified atom stereocenters. The molecule has 0 saturated carbocycles. The van der Waals surface area contributed by atoms with Gasteiger partial charge in [0.15, 0.2) is 0 Å². The van der Waals surface area contributed by atoms with Crippen molar-refractivity contribution in [2.24, 2.45) is 0 Å². The molecular formula is BaN4O12Sr. The van der Waals surface area contributed by atoms with Gasteiger partial charge in [0.05, 0.1) is 20.3 Å². The molecule has 0 aliphatic heterocycles. The largest absolute Gasteiger partial charge is 2.00 e. The molecule has 0 heterocycles. The predicted molar refractivity (Wildman–Crippen MR) is 53.0 cm³/mol. The summed E-state index contributed by atoms with van der Waals surface area (Å²) < 4.78 is 0. The van der Waals surface area contributed by atoms with Gasteiger partial charge in [0, 0.05) is 0 Å². The summed E-state index contributed by atoms with van der Waals surface area (Å²) in [7, 11) is 0. The maximum Gasteiger partial charge on any atom is 2.00 e. The standard InChI is InChI=1S/Ba.4NO3.Sr/c;4*2-1(3)4;/q+2;4*-1;+2. The van der Waals surface area contributed by atoms with Gasteiger partial charge in [-0.15, -0.1) is 0 Å². The van der Waals surface area contributed by atoms with Crippen molar-refractivity contribution < 1.29 is 20.3 Å². The Labute approximate surface area is 173 Å². The summed E-state index contributed by atoms with van der Waals surface area (Å²) in [5.41, 5.74) is 0. The number of rotatable bonds is 0. The van der Waals surface area contributed by atoms with Crippen LogP contribution in [0.1, 0.15) is 0 Å². The molecule has 0 rings (SSSR count). The van der Waals surface area contributed by atoms with E-state index < -0.39 is 20.3 Å². The van der Waals surface area contributed by atoms with Crippen LogP contribution in [0.15, 0.2) is 0 Å². The van der Waals surface area contributed by atoms with E-state index in [-0.39, 0.29) is 94.4 Å². The Bertz CT molecular complexity index is 164. The van der Waals surface area contributed by atoms with Gasteiger partial charge in [0.25, 0.3) is 0 Å². The van der Waals surface area contributed by atoms with Gasteiger partial charge in [-0.05, 0) is 0 Å². The van der Waals surface area contributed by atoms with Gasteiger partial charge < -0.3 is 61.3 Å². The number of hydrogen-bond acceptors (Lipinski definition) is 12.